The normalized spacial score (nSPS) is 16.2. The summed E-state index contributed by atoms with van der Waals surface area (Å²) in [5.41, 5.74) is 12.8. The Labute approximate surface area is 477 Å². The average Bonchev–Trinajstić information content (AvgIpc) is 4.22. The molecule has 0 spiro atoms. The molecule has 1 aliphatic heterocycles. The SMILES string of the molecule is CC(C)[C@H](NC(=O)[C@H](CC(N)=O)NC(=O)[C@@H](NC(=O)[C@@H]1CCCN1C(=O)[C@@H](NC(=O)[C@@H](N)Cc1ccc(O)cc1)C(C)C)[C@@H](C)O)C(=O)NCC(=O)N[C@@H](CO)C(=O)N[C@@H](CCC(=O)O)C(=O)NCC(=O)N[C@@H](Cc1ccccc1)C(=O)O. The molecule has 0 bridgehead atoms. The summed E-state index contributed by atoms with van der Waals surface area (Å²) in [7, 11) is 0. The maximum atomic E-state index is 14.0. The summed E-state index contributed by atoms with van der Waals surface area (Å²) in [6, 6.07) is 0.983. The summed E-state index contributed by atoms with van der Waals surface area (Å²) in [5.74, 6) is -14.9. The monoisotopic (exact) mass is 1170 g/mol. The smallest absolute Gasteiger partial charge is 0.326 e. The highest BCUT2D eigenvalue weighted by Gasteiger charge is 2.42. The highest BCUT2D eigenvalue weighted by Crippen LogP contribution is 2.22. The number of aliphatic carboxylic acids is 2. The van der Waals surface area contributed by atoms with Crippen molar-refractivity contribution < 1.29 is 87.9 Å². The lowest BCUT2D eigenvalue weighted by molar-refractivity contribution is -0.143. The molecule has 11 amide bonds. The molecule has 2 aromatic rings. The number of likely N-dealkylation sites (tertiary alicyclic amines) is 1. The van der Waals surface area contributed by atoms with E-state index in [1.165, 1.54) is 30.9 Å². The number of rotatable bonds is 33. The van der Waals surface area contributed by atoms with E-state index in [0.717, 1.165) is 6.92 Å². The number of carboxylic acid groups (broad SMARTS) is 2. The van der Waals surface area contributed by atoms with Gasteiger partial charge in [0.25, 0.3) is 0 Å². The summed E-state index contributed by atoms with van der Waals surface area (Å²) in [6.45, 7) is 4.74. The lowest BCUT2D eigenvalue weighted by Gasteiger charge is -2.32. The van der Waals surface area contributed by atoms with Crippen LogP contribution in [0.5, 0.6) is 5.75 Å². The van der Waals surface area contributed by atoms with Gasteiger partial charge >= 0.3 is 11.9 Å². The molecule has 83 heavy (non-hydrogen) atoms. The predicted octanol–water partition coefficient (Wildman–Crippen LogP) is -5.37. The zero-order valence-corrected chi connectivity index (χ0v) is 46.5. The third-order valence-electron chi connectivity index (χ3n) is 13.0. The fraction of sp³-hybridized carbons (Fsp3) is 0.528. The molecule has 1 aliphatic rings. The highest BCUT2D eigenvalue weighted by molar-refractivity contribution is 5.99. The van der Waals surface area contributed by atoms with Crippen molar-refractivity contribution in [2.24, 2.45) is 23.3 Å². The fourth-order valence-electron chi connectivity index (χ4n) is 8.46. The predicted molar refractivity (Wildman–Crippen MR) is 291 cm³/mol. The number of carboxylic acids is 2. The van der Waals surface area contributed by atoms with Crippen LogP contribution in [-0.2, 0) is 75.2 Å². The number of amides is 11. The minimum Gasteiger partial charge on any atom is -0.508 e. The number of phenols is 1. The van der Waals surface area contributed by atoms with Crippen LogP contribution in [0, 0.1) is 11.8 Å². The van der Waals surface area contributed by atoms with Gasteiger partial charge in [0.2, 0.25) is 65.0 Å². The van der Waals surface area contributed by atoms with Gasteiger partial charge in [0.05, 0.1) is 38.3 Å². The van der Waals surface area contributed by atoms with Crippen LogP contribution >= 0.6 is 0 Å². The molecule has 1 heterocycles. The molecular formula is C53H76N12O18. The van der Waals surface area contributed by atoms with Gasteiger partial charge in [-0.2, -0.15) is 0 Å². The van der Waals surface area contributed by atoms with Crippen LogP contribution in [0.3, 0.4) is 0 Å². The number of nitrogens with zero attached hydrogens (tertiary/aromatic N) is 1. The second-order valence-corrected chi connectivity index (χ2v) is 20.5. The number of nitrogens with two attached hydrogens (primary N) is 2. The van der Waals surface area contributed by atoms with E-state index in [0.29, 0.717) is 17.5 Å². The Morgan fingerprint density at radius 3 is 1.69 bits per heavy atom. The van der Waals surface area contributed by atoms with E-state index in [1.807, 2.05) is 0 Å². The molecule has 1 saturated heterocycles. The van der Waals surface area contributed by atoms with Crippen molar-refractivity contribution in [3.8, 4) is 5.75 Å². The maximum absolute atomic E-state index is 14.0. The van der Waals surface area contributed by atoms with Gasteiger partial charge in [-0.05, 0) is 67.7 Å². The van der Waals surface area contributed by atoms with Crippen molar-refractivity contribution in [3.05, 3.63) is 65.7 Å². The van der Waals surface area contributed by atoms with E-state index in [4.69, 9.17) is 11.5 Å². The fourth-order valence-corrected chi connectivity index (χ4v) is 8.46. The Kier molecular flexibility index (Phi) is 27.4. The molecular weight excluding hydrogens is 1090 g/mol. The van der Waals surface area contributed by atoms with E-state index in [1.54, 1.807) is 56.3 Å². The molecule has 1 fully saturated rings. The number of aromatic hydroxyl groups is 1. The first-order chi connectivity index (χ1) is 39.0. The second kappa shape index (κ2) is 33.2. The van der Waals surface area contributed by atoms with E-state index >= 15 is 0 Å². The second-order valence-electron chi connectivity index (χ2n) is 20.5. The van der Waals surface area contributed by atoms with E-state index < -0.39 is 188 Å². The lowest BCUT2D eigenvalue weighted by Crippen LogP contribution is -2.62. The number of aliphatic hydroxyl groups is 2. The van der Waals surface area contributed by atoms with Crippen molar-refractivity contribution in [2.75, 3.05) is 26.2 Å². The molecule has 0 aromatic heterocycles. The molecule has 3 rings (SSSR count). The van der Waals surface area contributed by atoms with Gasteiger partial charge in [0.15, 0.2) is 0 Å². The molecule has 0 aliphatic carbocycles. The number of carbonyl (C=O) groups excluding carboxylic acids is 11. The summed E-state index contributed by atoms with van der Waals surface area (Å²) >= 11 is 0. The third kappa shape index (κ3) is 22.6. The van der Waals surface area contributed by atoms with Gasteiger partial charge < -0.3 is 89.8 Å². The largest absolute Gasteiger partial charge is 0.508 e. The van der Waals surface area contributed by atoms with Gasteiger partial charge in [0, 0.05) is 19.4 Å². The van der Waals surface area contributed by atoms with Crippen LogP contribution < -0.4 is 59.3 Å². The van der Waals surface area contributed by atoms with Crippen molar-refractivity contribution in [3.63, 3.8) is 0 Å². The van der Waals surface area contributed by atoms with Gasteiger partial charge in [-0.3, -0.25) is 57.5 Å². The Hall–Kier alpha value is -8.77. The van der Waals surface area contributed by atoms with Gasteiger partial charge in [-0.25, -0.2) is 4.79 Å². The number of aliphatic hydroxyl groups excluding tert-OH is 2. The molecule has 0 radical (unpaired) electrons. The molecule has 456 valence electrons. The standard InChI is InChI=1S/C53H76N12O18/c1-26(2)42(50(79)57-24-40(71)59-36(25-66)48(77)60-33(17-18-41(72)73)46(75)56-23-39(70)58-35(53(82)83)21-29-10-7-6-8-11-29)62-47(76)34(22-38(55)69)61-51(80)44(28(5)67)64-49(78)37-12-9-19-65(37)52(81)43(27(3)4)63-45(74)32(54)20-30-13-15-31(68)16-14-30/h6-8,10-11,13-16,26-28,32-37,42-44,66-68H,9,12,17-25,54H2,1-5H3,(H2,55,69)(H,56,75)(H,57,79)(H,58,70)(H,59,71)(H,60,77)(H,61,80)(H,62,76)(H,63,74)(H,64,78)(H,72,73)(H,82,83)/t28-,32+,33+,34+,35+,36+,37+,42+,43+,44+/m1/s1. The van der Waals surface area contributed by atoms with Crippen LogP contribution in [0.1, 0.15) is 77.8 Å². The van der Waals surface area contributed by atoms with Crippen LogP contribution in [0.4, 0.5) is 0 Å². The van der Waals surface area contributed by atoms with Crippen molar-refractivity contribution in [1.82, 2.24) is 52.8 Å². The lowest BCUT2D eigenvalue weighted by atomic mass is 10.00. The average molecular weight is 1170 g/mol. The first-order valence-corrected chi connectivity index (χ1v) is 26.6. The zero-order valence-electron chi connectivity index (χ0n) is 46.5. The number of benzene rings is 2. The first kappa shape index (κ1) is 68.5. The van der Waals surface area contributed by atoms with Crippen LogP contribution in [0.15, 0.2) is 54.6 Å². The van der Waals surface area contributed by atoms with Crippen molar-refractivity contribution in [1.29, 1.82) is 0 Å². The molecule has 30 nitrogen and oxygen atoms in total. The topological polar surface area (TPSA) is 487 Å². The van der Waals surface area contributed by atoms with E-state index in [9.17, 15) is 87.9 Å². The number of hydrogen-bond acceptors (Lipinski definition) is 17. The zero-order chi connectivity index (χ0) is 62.2. The molecule has 2 aromatic carbocycles. The van der Waals surface area contributed by atoms with Crippen molar-refractivity contribution in [2.45, 2.75) is 140 Å². The van der Waals surface area contributed by atoms with Crippen LogP contribution in [0.2, 0.25) is 0 Å². The minimum atomic E-state index is -1.83. The molecule has 10 atom stereocenters. The Morgan fingerprint density at radius 1 is 0.602 bits per heavy atom. The van der Waals surface area contributed by atoms with Gasteiger partial charge in [0.1, 0.15) is 54.1 Å². The van der Waals surface area contributed by atoms with Crippen LogP contribution in [0.25, 0.3) is 0 Å². The molecule has 30 heteroatoms. The third-order valence-corrected chi connectivity index (χ3v) is 13.0. The minimum absolute atomic E-state index is 0.0196. The number of phenolic OH excluding ortho intramolecular Hbond substituents is 1. The quantitative estimate of drug-likeness (QED) is 0.0317. The summed E-state index contributed by atoms with van der Waals surface area (Å²) < 4.78 is 0. The Bertz CT molecular complexity index is 2640. The van der Waals surface area contributed by atoms with E-state index in [2.05, 4.69) is 47.9 Å². The molecule has 18 N–H and O–H groups in total. The van der Waals surface area contributed by atoms with Crippen LogP contribution in [-0.4, -0.2) is 194 Å². The summed E-state index contributed by atoms with van der Waals surface area (Å²) in [4.78, 5) is 171. The summed E-state index contributed by atoms with van der Waals surface area (Å²) in [5, 5.41) is 69.8. The molecule has 0 unspecified atom stereocenters. The molecule has 0 saturated carbocycles. The van der Waals surface area contributed by atoms with E-state index in [-0.39, 0.29) is 31.6 Å². The summed E-state index contributed by atoms with van der Waals surface area (Å²) in [6.07, 6.45) is -3.28. The van der Waals surface area contributed by atoms with Crippen molar-refractivity contribution >= 4 is 76.9 Å². The number of nitrogens with one attached hydrogen (secondary N) is 9. The first-order valence-electron chi connectivity index (χ1n) is 26.6. The Morgan fingerprint density at radius 2 is 1.14 bits per heavy atom. The number of hydrogen-bond donors (Lipinski definition) is 16. The highest BCUT2D eigenvalue weighted by atomic mass is 16.4. The number of carbonyl (C=O) groups is 13. The number of primary amides is 1. The maximum Gasteiger partial charge on any atom is 0.326 e. The van der Waals surface area contributed by atoms with Gasteiger partial charge in [-0.15, -0.1) is 0 Å². The van der Waals surface area contributed by atoms with Gasteiger partial charge in [-0.1, -0.05) is 70.2 Å². The Balaban J connectivity index is 1.63.